The Kier molecular flexibility index (Phi) is 4.20. The number of carbonyl (C=O) groups excluding carboxylic acids is 1. The molecule has 0 aliphatic carbocycles. The van der Waals surface area contributed by atoms with Crippen LogP contribution < -0.4 is 5.73 Å². The summed E-state index contributed by atoms with van der Waals surface area (Å²) in [4.78, 5) is 14.3. The Labute approximate surface area is 113 Å². The number of benzene rings is 1. The number of aryl methyl sites for hydroxylation is 1. The number of hydrogen-bond acceptors (Lipinski definition) is 2. The number of amides is 1. The van der Waals surface area contributed by atoms with Crippen molar-refractivity contribution in [1.29, 1.82) is 0 Å². The fraction of sp³-hybridized carbons (Fsp3) is 0.533. The molecular weight excluding hydrogens is 243 g/mol. The zero-order valence-electron chi connectivity index (χ0n) is 11.5. The van der Waals surface area contributed by atoms with Crippen LogP contribution in [0.1, 0.15) is 35.7 Å². The molecule has 19 heavy (non-hydrogen) atoms. The van der Waals surface area contributed by atoms with Crippen LogP contribution in [0.3, 0.4) is 0 Å². The molecule has 4 heteroatoms. The van der Waals surface area contributed by atoms with E-state index in [0.717, 1.165) is 24.9 Å². The number of carbonyl (C=O) groups is 1. The summed E-state index contributed by atoms with van der Waals surface area (Å²) in [7, 11) is 0. The van der Waals surface area contributed by atoms with Crippen LogP contribution in [0.5, 0.6) is 0 Å². The van der Waals surface area contributed by atoms with Crippen LogP contribution in [0.25, 0.3) is 0 Å². The maximum absolute atomic E-state index is 13.3. The van der Waals surface area contributed by atoms with Gasteiger partial charge in [0.05, 0.1) is 0 Å². The summed E-state index contributed by atoms with van der Waals surface area (Å²) in [6.07, 6.45) is 2.02. The number of nitrogens with zero attached hydrogens (tertiary/aromatic N) is 1. The van der Waals surface area contributed by atoms with Crippen LogP contribution in [0.15, 0.2) is 18.2 Å². The quantitative estimate of drug-likeness (QED) is 0.891. The summed E-state index contributed by atoms with van der Waals surface area (Å²) in [5, 5.41) is 0. The third-order valence-corrected chi connectivity index (χ3v) is 3.92. The van der Waals surface area contributed by atoms with Crippen LogP contribution in [-0.4, -0.2) is 29.9 Å². The lowest BCUT2D eigenvalue weighted by atomic mass is 9.91. The minimum atomic E-state index is -0.366. The molecule has 0 aromatic heterocycles. The molecule has 1 aliphatic rings. The largest absolute Gasteiger partial charge is 0.338 e. The second kappa shape index (κ2) is 5.70. The number of halogens is 1. The molecular formula is C15H21FN2O. The summed E-state index contributed by atoms with van der Waals surface area (Å²) in [6.45, 7) is 5.22. The normalized spacial score (nSPS) is 21.3. The highest BCUT2D eigenvalue weighted by atomic mass is 19.1. The van der Waals surface area contributed by atoms with Crippen molar-refractivity contribution in [2.75, 3.05) is 13.1 Å². The first kappa shape index (κ1) is 14.0. The minimum absolute atomic E-state index is 0.0812. The van der Waals surface area contributed by atoms with E-state index in [2.05, 4.69) is 0 Å². The van der Waals surface area contributed by atoms with Gasteiger partial charge in [-0.2, -0.15) is 0 Å². The highest BCUT2D eigenvalue weighted by Gasteiger charge is 2.27. The fourth-order valence-electron chi connectivity index (χ4n) is 2.62. The molecule has 1 saturated heterocycles. The van der Waals surface area contributed by atoms with Gasteiger partial charge in [-0.3, -0.25) is 4.79 Å². The molecule has 0 unspecified atom stereocenters. The Hall–Kier alpha value is -1.42. The molecule has 0 bridgehead atoms. The number of likely N-dealkylation sites (tertiary alicyclic amines) is 1. The topological polar surface area (TPSA) is 46.3 Å². The van der Waals surface area contributed by atoms with E-state index in [1.165, 1.54) is 12.1 Å². The van der Waals surface area contributed by atoms with Crippen LogP contribution in [-0.2, 0) is 0 Å². The van der Waals surface area contributed by atoms with Crippen molar-refractivity contribution in [3.05, 3.63) is 35.1 Å². The van der Waals surface area contributed by atoms with E-state index in [0.29, 0.717) is 18.0 Å². The van der Waals surface area contributed by atoms with Crippen molar-refractivity contribution in [2.24, 2.45) is 11.7 Å². The average molecular weight is 264 g/mol. The lowest BCUT2D eigenvalue weighted by Crippen LogP contribution is -2.45. The number of piperidine rings is 1. The standard InChI is InChI=1S/C15H21FN2O/c1-10-5-6-13(16)8-14(10)15(19)18-7-3-4-12(9-18)11(2)17/h5-6,8,11-12H,3-4,7,9,17H2,1-2H3/t11-,12+/m0/s1. The second-order valence-electron chi connectivity index (χ2n) is 5.47. The Bertz CT molecular complexity index is 473. The number of rotatable bonds is 2. The van der Waals surface area contributed by atoms with Crippen LogP contribution in [0, 0.1) is 18.7 Å². The van der Waals surface area contributed by atoms with E-state index in [4.69, 9.17) is 5.73 Å². The molecule has 2 rings (SSSR count). The van der Waals surface area contributed by atoms with Gasteiger partial charge in [-0.15, -0.1) is 0 Å². The van der Waals surface area contributed by atoms with Crippen molar-refractivity contribution in [2.45, 2.75) is 32.7 Å². The SMILES string of the molecule is Cc1ccc(F)cc1C(=O)N1CCC[C@@H]([C@H](C)N)C1. The zero-order valence-corrected chi connectivity index (χ0v) is 11.5. The van der Waals surface area contributed by atoms with E-state index in [-0.39, 0.29) is 17.8 Å². The molecule has 1 amide bonds. The molecule has 1 aromatic rings. The maximum Gasteiger partial charge on any atom is 0.254 e. The first-order chi connectivity index (χ1) is 8.99. The maximum atomic E-state index is 13.3. The Morgan fingerprint density at radius 1 is 1.53 bits per heavy atom. The van der Waals surface area contributed by atoms with Crippen molar-refractivity contribution in [1.82, 2.24) is 4.90 Å². The number of hydrogen-bond donors (Lipinski definition) is 1. The van der Waals surface area contributed by atoms with E-state index in [1.54, 1.807) is 11.0 Å². The molecule has 1 fully saturated rings. The summed E-state index contributed by atoms with van der Waals surface area (Å²) in [6, 6.07) is 4.44. The minimum Gasteiger partial charge on any atom is -0.338 e. The first-order valence-electron chi connectivity index (χ1n) is 6.80. The van der Waals surface area contributed by atoms with Crippen molar-refractivity contribution in [3.8, 4) is 0 Å². The Morgan fingerprint density at radius 3 is 2.95 bits per heavy atom. The predicted molar refractivity (Wildman–Crippen MR) is 73.4 cm³/mol. The van der Waals surface area contributed by atoms with Crippen LogP contribution in [0.2, 0.25) is 0 Å². The summed E-state index contributed by atoms with van der Waals surface area (Å²) < 4.78 is 13.3. The number of nitrogens with two attached hydrogens (primary N) is 1. The van der Waals surface area contributed by atoms with Gasteiger partial charge in [0.15, 0.2) is 0 Å². The molecule has 1 aliphatic heterocycles. The van der Waals surface area contributed by atoms with Crippen molar-refractivity contribution < 1.29 is 9.18 Å². The van der Waals surface area contributed by atoms with Gasteiger partial charge in [0.1, 0.15) is 5.82 Å². The van der Waals surface area contributed by atoms with Gasteiger partial charge in [-0.1, -0.05) is 6.07 Å². The van der Waals surface area contributed by atoms with Crippen LogP contribution >= 0.6 is 0 Å². The van der Waals surface area contributed by atoms with Gasteiger partial charge in [0.2, 0.25) is 0 Å². The highest BCUT2D eigenvalue weighted by molar-refractivity contribution is 5.95. The smallest absolute Gasteiger partial charge is 0.254 e. The van der Waals surface area contributed by atoms with E-state index >= 15 is 0 Å². The first-order valence-corrected chi connectivity index (χ1v) is 6.80. The van der Waals surface area contributed by atoms with Gasteiger partial charge in [-0.05, 0) is 50.3 Å². The van der Waals surface area contributed by atoms with Crippen LogP contribution in [0.4, 0.5) is 4.39 Å². The van der Waals surface area contributed by atoms with Crippen molar-refractivity contribution >= 4 is 5.91 Å². The third-order valence-electron chi connectivity index (χ3n) is 3.92. The van der Waals surface area contributed by atoms with Gasteiger partial charge in [0.25, 0.3) is 5.91 Å². The van der Waals surface area contributed by atoms with E-state index < -0.39 is 0 Å². The molecule has 0 spiro atoms. The average Bonchev–Trinajstić information content (AvgIpc) is 2.41. The molecule has 0 radical (unpaired) electrons. The van der Waals surface area contributed by atoms with Gasteiger partial charge < -0.3 is 10.6 Å². The van der Waals surface area contributed by atoms with Crippen molar-refractivity contribution in [3.63, 3.8) is 0 Å². The summed E-state index contributed by atoms with van der Waals surface area (Å²) in [5.74, 6) is -0.108. The zero-order chi connectivity index (χ0) is 14.0. The fourth-order valence-corrected chi connectivity index (χ4v) is 2.62. The molecule has 1 aromatic carbocycles. The second-order valence-corrected chi connectivity index (χ2v) is 5.47. The van der Waals surface area contributed by atoms with Gasteiger partial charge in [-0.25, -0.2) is 4.39 Å². The lowest BCUT2D eigenvalue weighted by Gasteiger charge is -2.35. The third kappa shape index (κ3) is 3.13. The van der Waals surface area contributed by atoms with Gasteiger partial charge >= 0.3 is 0 Å². The predicted octanol–water partition coefficient (Wildman–Crippen LogP) is 2.33. The molecule has 1 heterocycles. The van der Waals surface area contributed by atoms with Gasteiger partial charge in [0, 0.05) is 24.7 Å². The molecule has 3 nitrogen and oxygen atoms in total. The lowest BCUT2D eigenvalue weighted by molar-refractivity contribution is 0.0659. The molecule has 104 valence electrons. The monoisotopic (exact) mass is 264 g/mol. The Morgan fingerprint density at radius 2 is 2.26 bits per heavy atom. The highest BCUT2D eigenvalue weighted by Crippen LogP contribution is 2.22. The molecule has 2 N–H and O–H groups in total. The molecule has 2 atom stereocenters. The molecule has 0 saturated carbocycles. The van der Waals surface area contributed by atoms with E-state index in [1.807, 2.05) is 13.8 Å². The van der Waals surface area contributed by atoms with E-state index in [9.17, 15) is 9.18 Å². The summed E-state index contributed by atoms with van der Waals surface area (Å²) in [5.41, 5.74) is 7.20. The summed E-state index contributed by atoms with van der Waals surface area (Å²) >= 11 is 0. The Balaban J connectivity index is 2.17.